The van der Waals surface area contributed by atoms with E-state index in [4.69, 9.17) is 0 Å². The molecule has 1 heterocycles. The largest absolute Gasteiger partial charge is 0.322 e. The maximum atomic E-state index is 13.8. The summed E-state index contributed by atoms with van der Waals surface area (Å²) in [6.45, 7) is 4.08. The van der Waals surface area contributed by atoms with E-state index >= 15 is 0 Å². The molecule has 1 atom stereocenters. The molecule has 2 N–H and O–H groups in total. The van der Waals surface area contributed by atoms with Gasteiger partial charge in [-0.05, 0) is 55.8 Å². The fourth-order valence-corrected chi connectivity index (χ4v) is 5.25. The van der Waals surface area contributed by atoms with Crippen molar-refractivity contribution < 1.29 is 22.8 Å². The number of nitrogens with one attached hydrogen (secondary N) is 2. The van der Waals surface area contributed by atoms with Gasteiger partial charge in [0.05, 0.1) is 24.3 Å². The van der Waals surface area contributed by atoms with Gasteiger partial charge < -0.3 is 10.6 Å². The van der Waals surface area contributed by atoms with Gasteiger partial charge in [-0.25, -0.2) is 13.2 Å². The summed E-state index contributed by atoms with van der Waals surface area (Å²) in [5.74, 6) is -5.01. The van der Waals surface area contributed by atoms with Crippen LogP contribution in [0, 0.1) is 34.7 Å². The Balaban J connectivity index is 1.64. The summed E-state index contributed by atoms with van der Waals surface area (Å²) in [5.41, 5.74) is 1.04. The Morgan fingerprint density at radius 3 is 2.55 bits per heavy atom. The van der Waals surface area contributed by atoms with Gasteiger partial charge in [0, 0.05) is 4.88 Å². The topological polar surface area (TPSA) is 85.2 Å². The van der Waals surface area contributed by atoms with Crippen molar-refractivity contribution in [1.29, 1.82) is 5.26 Å². The van der Waals surface area contributed by atoms with Crippen LogP contribution >= 0.6 is 11.3 Å². The van der Waals surface area contributed by atoms with Gasteiger partial charge in [-0.1, -0.05) is 13.8 Å². The predicted molar refractivity (Wildman–Crippen MR) is 121 cm³/mol. The molecule has 0 aliphatic heterocycles. The van der Waals surface area contributed by atoms with Gasteiger partial charge in [-0.15, -0.1) is 11.3 Å². The molecule has 0 saturated carbocycles. The number of amides is 2. The fourth-order valence-electron chi connectivity index (χ4n) is 3.87. The lowest BCUT2D eigenvalue weighted by molar-refractivity contribution is -0.120. The number of benzene rings is 1. The number of halogens is 3. The number of rotatable bonds is 8. The number of fused-ring (bicyclic) bond motifs is 1. The van der Waals surface area contributed by atoms with E-state index < -0.39 is 29.0 Å². The first-order valence-corrected chi connectivity index (χ1v) is 11.5. The summed E-state index contributed by atoms with van der Waals surface area (Å²) in [6, 6.07) is 3.86. The molecule has 1 aliphatic carbocycles. The maximum Gasteiger partial charge on any atom is 0.239 e. The van der Waals surface area contributed by atoms with Crippen molar-refractivity contribution in [2.45, 2.75) is 39.5 Å². The van der Waals surface area contributed by atoms with Crippen molar-refractivity contribution in [2.75, 3.05) is 30.3 Å². The standard InChI is InChI=1S/C23H25F3N4O2S/c1-3-8-30(11-19(31)28-17-7-6-16(24)21(25)22(17)26)12-20(32)29-23-15(10-27)14-5-4-13(2)9-18(14)33-23/h6-7,13H,3-5,8-9,11-12H2,1-2H3,(H,28,31)(H,29,32)/t13-/m0/s1. The summed E-state index contributed by atoms with van der Waals surface area (Å²) in [4.78, 5) is 27.7. The van der Waals surface area contributed by atoms with Crippen LogP contribution in [0.15, 0.2) is 12.1 Å². The third-order valence-corrected chi connectivity index (χ3v) is 6.63. The minimum absolute atomic E-state index is 0.120. The van der Waals surface area contributed by atoms with E-state index in [2.05, 4.69) is 23.6 Å². The first-order valence-electron chi connectivity index (χ1n) is 10.7. The molecule has 176 valence electrons. The second kappa shape index (κ2) is 10.8. The van der Waals surface area contributed by atoms with Crippen molar-refractivity contribution in [2.24, 2.45) is 5.92 Å². The number of nitriles is 1. The first-order chi connectivity index (χ1) is 15.7. The molecule has 2 aromatic rings. The Morgan fingerprint density at radius 1 is 1.18 bits per heavy atom. The van der Waals surface area contributed by atoms with Gasteiger partial charge in [0.1, 0.15) is 11.1 Å². The minimum atomic E-state index is -1.67. The molecule has 0 fully saturated rings. The van der Waals surface area contributed by atoms with Crippen molar-refractivity contribution in [1.82, 2.24) is 4.90 Å². The van der Waals surface area contributed by atoms with E-state index in [0.717, 1.165) is 41.8 Å². The van der Waals surface area contributed by atoms with Crippen molar-refractivity contribution in [3.05, 3.63) is 45.6 Å². The van der Waals surface area contributed by atoms with E-state index in [1.807, 2.05) is 6.92 Å². The Hall–Kier alpha value is -2.90. The van der Waals surface area contributed by atoms with Crippen molar-refractivity contribution in [3.8, 4) is 6.07 Å². The molecule has 1 aromatic heterocycles. The van der Waals surface area contributed by atoms with Crippen LogP contribution in [-0.4, -0.2) is 36.3 Å². The first kappa shape index (κ1) is 24.7. The van der Waals surface area contributed by atoms with Crippen LogP contribution in [0.5, 0.6) is 0 Å². The molecular formula is C23H25F3N4O2S. The molecule has 33 heavy (non-hydrogen) atoms. The second-order valence-corrected chi connectivity index (χ2v) is 9.30. The number of anilines is 2. The fraction of sp³-hybridized carbons (Fsp3) is 0.435. The zero-order valence-corrected chi connectivity index (χ0v) is 19.3. The average molecular weight is 479 g/mol. The lowest BCUT2D eigenvalue weighted by atomic mass is 9.89. The number of hydrogen-bond acceptors (Lipinski definition) is 5. The van der Waals surface area contributed by atoms with E-state index in [-0.39, 0.29) is 19.0 Å². The molecule has 0 spiro atoms. The number of nitrogens with zero attached hydrogens (tertiary/aromatic N) is 2. The maximum absolute atomic E-state index is 13.8. The van der Waals surface area contributed by atoms with E-state index in [9.17, 15) is 28.0 Å². The van der Waals surface area contributed by atoms with E-state index in [1.165, 1.54) is 11.3 Å². The van der Waals surface area contributed by atoms with Gasteiger partial charge in [0.2, 0.25) is 11.8 Å². The normalized spacial score (nSPS) is 15.1. The Morgan fingerprint density at radius 2 is 1.88 bits per heavy atom. The highest BCUT2D eigenvalue weighted by Gasteiger charge is 2.25. The molecule has 0 unspecified atom stereocenters. The van der Waals surface area contributed by atoms with Gasteiger partial charge in [0.15, 0.2) is 17.5 Å². The van der Waals surface area contributed by atoms with Gasteiger partial charge in [0.25, 0.3) is 0 Å². The molecule has 0 bridgehead atoms. The summed E-state index contributed by atoms with van der Waals surface area (Å²) in [5, 5.41) is 15.1. The number of carbonyl (C=O) groups excluding carboxylic acids is 2. The van der Waals surface area contributed by atoms with Gasteiger partial charge in [-0.2, -0.15) is 5.26 Å². The molecule has 1 aromatic carbocycles. The lowest BCUT2D eigenvalue weighted by Gasteiger charge is -2.20. The highest BCUT2D eigenvalue weighted by molar-refractivity contribution is 7.16. The van der Waals surface area contributed by atoms with E-state index in [1.54, 1.807) is 4.90 Å². The van der Waals surface area contributed by atoms with Crippen LogP contribution in [0.25, 0.3) is 0 Å². The molecule has 6 nitrogen and oxygen atoms in total. The van der Waals surface area contributed by atoms with Crippen LogP contribution in [0.3, 0.4) is 0 Å². The summed E-state index contributed by atoms with van der Waals surface area (Å²) < 4.78 is 40.3. The monoisotopic (exact) mass is 478 g/mol. The zero-order chi connectivity index (χ0) is 24.1. The van der Waals surface area contributed by atoms with E-state index in [0.29, 0.717) is 29.4 Å². The van der Waals surface area contributed by atoms with Crippen molar-refractivity contribution in [3.63, 3.8) is 0 Å². The smallest absolute Gasteiger partial charge is 0.239 e. The second-order valence-electron chi connectivity index (χ2n) is 8.20. The molecule has 0 saturated heterocycles. The molecule has 1 aliphatic rings. The molecule has 3 rings (SSSR count). The average Bonchev–Trinajstić information content (AvgIpc) is 3.09. The van der Waals surface area contributed by atoms with Crippen LogP contribution in [0.2, 0.25) is 0 Å². The third-order valence-electron chi connectivity index (χ3n) is 5.46. The Bertz CT molecular complexity index is 1100. The highest BCUT2D eigenvalue weighted by Crippen LogP contribution is 2.39. The third kappa shape index (κ3) is 5.92. The summed E-state index contributed by atoms with van der Waals surface area (Å²) in [6.07, 6.45) is 3.35. The lowest BCUT2D eigenvalue weighted by Crippen LogP contribution is -2.39. The predicted octanol–water partition coefficient (Wildman–Crippen LogP) is 4.45. The Labute approximate surface area is 194 Å². The van der Waals surface area contributed by atoms with Crippen LogP contribution in [0.4, 0.5) is 23.9 Å². The minimum Gasteiger partial charge on any atom is -0.322 e. The van der Waals surface area contributed by atoms with Crippen LogP contribution in [0.1, 0.15) is 42.7 Å². The number of hydrogen-bond donors (Lipinski definition) is 2. The quantitative estimate of drug-likeness (QED) is 0.549. The molecule has 0 radical (unpaired) electrons. The number of thiophene rings is 1. The van der Waals surface area contributed by atoms with Gasteiger partial charge >= 0.3 is 0 Å². The zero-order valence-electron chi connectivity index (χ0n) is 18.4. The van der Waals surface area contributed by atoms with Gasteiger partial charge in [-0.3, -0.25) is 14.5 Å². The highest BCUT2D eigenvalue weighted by atomic mass is 32.1. The molecular weight excluding hydrogens is 453 g/mol. The molecule has 2 amide bonds. The SMILES string of the molecule is CCCN(CC(=O)Nc1ccc(F)c(F)c1F)CC(=O)Nc1sc2c(c1C#N)CC[C@H](C)C2. The summed E-state index contributed by atoms with van der Waals surface area (Å²) in [7, 11) is 0. The van der Waals surface area contributed by atoms with Crippen molar-refractivity contribution >= 4 is 33.8 Å². The Kier molecular flexibility index (Phi) is 8.10. The molecule has 10 heteroatoms. The van der Waals surface area contributed by atoms with Crippen LogP contribution < -0.4 is 10.6 Å². The summed E-state index contributed by atoms with van der Waals surface area (Å²) >= 11 is 1.42. The number of carbonyl (C=O) groups is 2. The van der Waals surface area contributed by atoms with Crippen LogP contribution in [-0.2, 0) is 22.4 Å².